The Balaban J connectivity index is 0. The molecule has 0 bridgehead atoms. The lowest BCUT2D eigenvalue weighted by molar-refractivity contribution is 0.204. The first-order chi connectivity index (χ1) is 7.54. The maximum Gasteiger partial charge on any atom is 0.471 e. The van der Waals surface area contributed by atoms with Crippen LogP contribution in [0.2, 0.25) is 0 Å². The molecule has 16 heavy (non-hydrogen) atoms. The van der Waals surface area contributed by atoms with Crippen LogP contribution in [0.15, 0.2) is 12.7 Å². The van der Waals surface area contributed by atoms with Crippen LogP contribution in [0, 0.1) is 0 Å². The van der Waals surface area contributed by atoms with Gasteiger partial charge in [-0.1, -0.05) is 38.7 Å². The number of rotatable bonds is 8. The van der Waals surface area contributed by atoms with Crippen LogP contribution in [0.3, 0.4) is 0 Å². The molecule has 5 heteroatoms. The van der Waals surface area contributed by atoms with Crippen LogP contribution >= 0.6 is 7.82 Å². The van der Waals surface area contributed by atoms with E-state index in [1.807, 2.05) is 6.08 Å². The molecule has 0 amide bonds. The van der Waals surface area contributed by atoms with Gasteiger partial charge in [-0.15, -0.1) is 6.58 Å². The highest BCUT2D eigenvalue weighted by atomic mass is 31.2. The zero-order chi connectivity index (χ0) is 12.9. The van der Waals surface area contributed by atoms with Crippen LogP contribution in [-0.4, -0.2) is 19.1 Å². The predicted octanol–water partition coefficient (Wildman–Crippen LogP) is 3.91. The van der Waals surface area contributed by atoms with E-state index in [4.69, 9.17) is 4.89 Å². The Kier molecular flexibility index (Phi) is 14.7. The van der Waals surface area contributed by atoms with E-state index in [2.05, 4.69) is 22.6 Å². The normalized spacial score (nSPS) is 10.5. The molecule has 0 radical (unpaired) electrons. The van der Waals surface area contributed by atoms with Crippen molar-refractivity contribution in [2.24, 2.45) is 0 Å². The Morgan fingerprint density at radius 1 is 1.19 bits per heavy atom. The summed E-state index contributed by atoms with van der Waals surface area (Å²) in [5.74, 6) is 0. The Morgan fingerprint density at radius 3 is 2.00 bits per heavy atom. The molecule has 0 aromatic carbocycles. The van der Waals surface area contributed by atoms with Gasteiger partial charge in [0.25, 0.3) is 0 Å². The van der Waals surface area contributed by atoms with Crippen molar-refractivity contribution in [1.82, 2.24) is 0 Å². The number of allylic oxidation sites excluding steroid dienone is 1. The first-order valence-corrected chi connectivity index (χ1v) is 7.08. The molecule has 0 aromatic heterocycles. The molecule has 0 aliphatic rings. The second-order valence-corrected chi connectivity index (χ2v) is 4.99. The van der Waals surface area contributed by atoms with Crippen LogP contribution in [0.25, 0.3) is 0 Å². The van der Waals surface area contributed by atoms with Crippen molar-refractivity contribution >= 4 is 7.82 Å². The van der Waals surface area contributed by atoms with Gasteiger partial charge in [-0.05, 0) is 12.8 Å². The fraction of sp³-hybridized carbons (Fsp3) is 0.818. The lowest BCUT2D eigenvalue weighted by Gasteiger charge is -2.01. The molecular weight excluding hydrogens is 227 g/mol. The van der Waals surface area contributed by atoms with Gasteiger partial charge in [0.2, 0.25) is 0 Å². The highest BCUT2D eigenvalue weighted by Gasteiger charge is 2.13. The fourth-order valence-corrected chi connectivity index (χ4v) is 1.12. The van der Waals surface area contributed by atoms with Gasteiger partial charge in [-0.3, -0.25) is 9.05 Å². The molecule has 0 fully saturated rings. The van der Waals surface area contributed by atoms with Crippen molar-refractivity contribution in [3.8, 4) is 0 Å². The van der Waals surface area contributed by atoms with Gasteiger partial charge in [0.15, 0.2) is 0 Å². The molecule has 0 aliphatic carbocycles. The number of phosphoric acid groups is 1. The van der Waals surface area contributed by atoms with Crippen LogP contribution in [0.4, 0.5) is 0 Å². The first kappa shape index (κ1) is 18.2. The van der Waals surface area contributed by atoms with Gasteiger partial charge in [0.05, 0.1) is 0 Å². The molecule has 0 aliphatic heterocycles. The molecule has 1 N–H and O–H groups in total. The molecular formula is C11H25O4P. The third-order valence-corrected chi connectivity index (χ3v) is 2.90. The lowest BCUT2D eigenvalue weighted by Crippen LogP contribution is -1.83. The van der Waals surface area contributed by atoms with Crippen LogP contribution in [0.1, 0.15) is 45.4 Å². The average molecular weight is 252 g/mol. The minimum absolute atomic E-state index is 1.10. The molecule has 0 atom stereocenters. The molecule has 0 unspecified atom stereocenters. The van der Waals surface area contributed by atoms with Crippen molar-refractivity contribution in [3.63, 3.8) is 0 Å². The summed E-state index contributed by atoms with van der Waals surface area (Å²) in [6, 6.07) is 0. The zero-order valence-electron chi connectivity index (χ0n) is 10.6. The first-order valence-electron chi connectivity index (χ1n) is 5.59. The van der Waals surface area contributed by atoms with Crippen molar-refractivity contribution in [1.29, 1.82) is 0 Å². The van der Waals surface area contributed by atoms with Crippen LogP contribution in [0.5, 0.6) is 0 Å². The zero-order valence-corrected chi connectivity index (χ0v) is 11.5. The second-order valence-electron chi connectivity index (χ2n) is 3.33. The highest BCUT2D eigenvalue weighted by molar-refractivity contribution is 7.47. The van der Waals surface area contributed by atoms with Crippen LogP contribution < -0.4 is 0 Å². The van der Waals surface area contributed by atoms with Gasteiger partial charge >= 0.3 is 7.82 Å². The minimum Gasteiger partial charge on any atom is -0.303 e. The van der Waals surface area contributed by atoms with Gasteiger partial charge in [-0.2, -0.15) is 0 Å². The average Bonchev–Trinajstić information content (AvgIpc) is 2.30. The van der Waals surface area contributed by atoms with Crippen molar-refractivity contribution in [2.45, 2.75) is 45.4 Å². The van der Waals surface area contributed by atoms with Crippen LogP contribution in [-0.2, 0) is 13.6 Å². The monoisotopic (exact) mass is 252 g/mol. The molecule has 0 rings (SSSR count). The SMILES string of the molecule is C=CCCCCCCC.COP(=O)(O)OC. The number of hydrogen-bond donors (Lipinski definition) is 1. The largest absolute Gasteiger partial charge is 0.471 e. The fourth-order valence-electron chi connectivity index (χ4n) is 0.967. The lowest BCUT2D eigenvalue weighted by atomic mass is 10.1. The number of unbranched alkanes of at least 4 members (excludes halogenated alkanes) is 5. The van der Waals surface area contributed by atoms with Crippen molar-refractivity contribution in [2.75, 3.05) is 14.2 Å². The Hall–Kier alpha value is -0.150. The Labute approximate surface area is 99.3 Å². The smallest absolute Gasteiger partial charge is 0.303 e. The summed E-state index contributed by atoms with van der Waals surface area (Å²) < 4.78 is 18.0. The third kappa shape index (κ3) is 16.3. The van der Waals surface area contributed by atoms with Gasteiger partial charge in [0.1, 0.15) is 0 Å². The summed E-state index contributed by atoms with van der Waals surface area (Å²) in [5, 5.41) is 0. The quantitative estimate of drug-likeness (QED) is 0.404. The maximum absolute atomic E-state index is 10.1. The summed E-state index contributed by atoms with van der Waals surface area (Å²) >= 11 is 0. The molecule has 0 aromatic rings. The highest BCUT2D eigenvalue weighted by Crippen LogP contribution is 2.40. The number of hydrogen-bond acceptors (Lipinski definition) is 3. The van der Waals surface area contributed by atoms with Gasteiger partial charge in [0, 0.05) is 14.2 Å². The maximum atomic E-state index is 10.1. The molecule has 4 nitrogen and oxygen atoms in total. The standard InChI is InChI=1S/C9H18.C2H7O4P/c1-3-5-7-9-8-6-4-2;1-5-7(3,4)6-2/h3H,1,4-9H2,2H3;1-2H3,(H,3,4). The third-order valence-electron chi connectivity index (χ3n) is 1.97. The van der Waals surface area contributed by atoms with E-state index in [1.54, 1.807) is 0 Å². The van der Waals surface area contributed by atoms with E-state index in [9.17, 15) is 4.57 Å². The molecule has 0 spiro atoms. The summed E-state index contributed by atoms with van der Waals surface area (Å²) in [6.45, 7) is 5.92. The van der Waals surface area contributed by atoms with E-state index in [0.717, 1.165) is 14.2 Å². The Bertz CT molecular complexity index is 186. The van der Waals surface area contributed by atoms with E-state index in [1.165, 1.54) is 38.5 Å². The molecule has 98 valence electrons. The summed E-state index contributed by atoms with van der Waals surface area (Å²) in [7, 11) is -1.45. The topological polar surface area (TPSA) is 55.8 Å². The van der Waals surface area contributed by atoms with E-state index >= 15 is 0 Å². The molecule has 0 saturated carbocycles. The summed E-state index contributed by atoms with van der Waals surface area (Å²) in [4.78, 5) is 8.24. The number of phosphoric ester groups is 1. The van der Waals surface area contributed by atoms with E-state index < -0.39 is 7.82 Å². The molecule has 0 saturated heterocycles. The Morgan fingerprint density at radius 2 is 1.69 bits per heavy atom. The van der Waals surface area contributed by atoms with Crippen molar-refractivity contribution < 1.29 is 18.5 Å². The van der Waals surface area contributed by atoms with Crippen molar-refractivity contribution in [3.05, 3.63) is 12.7 Å². The second kappa shape index (κ2) is 12.9. The van der Waals surface area contributed by atoms with E-state index in [-0.39, 0.29) is 0 Å². The van der Waals surface area contributed by atoms with Gasteiger partial charge < -0.3 is 4.89 Å². The van der Waals surface area contributed by atoms with E-state index in [0.29, 0.717) is 0 Å². The minimum atomic E-state index is -3.65. The summed E-state index contributed by atoms with van der Waals surface area (Å²) in [6.07, 6.45) is 10.1. The summed E-state index contributed by atoms with van der Waals surface area (Å²) in [5.41, 5.74) is 0. The predicted molar refractivity (Wildman–Crippen MR) is 67.4 cm³/mol. The molecule has 0 heterocycles. The van der Waals surface area contributed by atoms with Gasteiger partial charge in [-0.25, -0.2) is 4.57 Å².